The molecule has 1 aromatic carbocycles. The molecule has 0 aliphatic heterocycles. The van der Waals surface area contributed by atoms with Crippen molar-refractivity contribution in [1.82, 2.24) is 10.4 Å². The van der Waals surface area contributed by atoms with Crippen LogP contribution in [0.5, 0.6) is 0 Å². The van der Waals surface area contributed by atoms with Gasteiger partial charge < -0.3 is 0 Å². The summed E-state index contributed by atoms with van der Waals surface area (Å²) in [4.78, 5) is 15.6. The molecule has 2 aromatic rings. The van der Waals surface area contributed by atoms with Gasteiger partial charge in [0, 0.05) is 18.0 Å². The zero-order valence-corrected chi connectivity index (χ0v) is 11.5. The van der Waals surface area contributed by atoms with Gasteiger partial charge in [0.2, 0.25) is 0 Å². The third kappa shape index (κ3) is 4.87. The number of amides is 1. The minimum absolute atomic E-state index is 0.291. The minimum atomic E-state index is -0.291. The lowest BCUT2D eigenvalue weighted by atomic mass is 10.3. The van der Waals surface area contributed by atoms with E-state index in [4.69, 9.17) is 0 Å². The average Bonchev–Trinajstić information content (AvgIpc) is 2.54. The van der Waals surface area contributed by atoms with Crippen LogP contribution >= 0.6 is 0 Å². The lowest BCUT2D eigenvalue weighted by molar-refractivity contribution is 0.0955. The van der Waals surface area contributed by atoms with Crippen LogP contribution in [0.2, 0.25) is 0 Å². The van der Waals surface area contributed by atoms with Gasteiger partial charge in [-0.25, -0.2) is 5.43 Å². The molecule has 21 heavy (non-hydrogen) atoms. The van der Waals surface area contributed by atoms with E-state index >= 15 is 0 Å². The maximum absolute atomic E-state index is 11.7. The molecule has 0 atom stereocenters. The Hall–Kier alpha value is -3.02. The molecule has 106 valence electrons. The Morgan fingerprint density at radius 1 is 1.14 bits per heavy atom. The number of hydrazone groups is 2. The van der Waals surface area contributed by atoms with Crippen molar-refractivity contribution < 1.29 is 4.79 Å². The lowest BCUT2D eigenvalue weighted by Crippen LogP contribution is -2.19. The van der Waals surface area contributed by atoms with Gasteiger partial charge in [-0.3, -0.25) is 15.2 Å². The number of hydrogen-bond acceptors (Lipinski definition) is 5. The number of pyridine rings is 1. The van der Waals surface area contributed by atoms with E-state index in [0.29, 0.717) is 11.3 Å². The van der Waals surface area contributed by atoms with E-state index in [1.165, 1.54) is 6.21 Å². The van der Waals surface area contributed by atoms with Crippen LogP contribution in [0.3, 0.4) is 0 Å². The van der Waals surface area contributed by atoms with Crippen molar-refractivity contribution >= 4 is 23.5 Å². The fraction of sp³-hybridized carbons (Fsp3) is 0.0667. The highest BCUT2D eigenvalue weighted by molar-refractivity contribution is 6.29. The molecule has 0 aliphatic carbocycles. The summed E-state index contributed by atoms with van der Waals surface area (Å²) in [6.07, 6.45) is 4.63. The Kier molecular flexibility index (Phi) is 5.17. The Morgan fingerprint density at radius 2 is 1.86 bits per heavy atom. The number of benzene rings is 1. The number of anilines is 1. The smallest absolute Gasteiger partial charge is 0.271 e. The van der Waals surface area contributed by atoms with Crippen LogP contribution < -0.4 is 10.9 Å². The van der Waals surface area contributed by atoms with Crippen molar-refractivity contribution in [3.8, 4) is 0 Å². The standard InChI is InChI=1S/C15H15N5O/c1-12(11-17-19-14-5-3-2-4-6-14)18-20-15(21)13-7-9-16-10-8-13/h2-11,19H,1H3,(H,20,21)/b17-11+,18-12+. The molecule has 0 unspecified atom stereocenters. The van der Waals surface area contributed by atoms with E-state index in [-0.39, 0.29) is 5.91 Å². The van der Waals surface area contributed by atoms with Crippen LogP contribution in [0.1, 0.15) is 17.3 Å². The summed E-state index contributed by atoms with van der Waals surface area (Å²) >= 11 is 0. The molecule has 0 radical (unpaired) electrons. The molecular formula is C15H15N5O. The normalized spacial score (nSPS) is 11.4. The van der Waals surface area contributed by atoms with Gasteiger partial charge in [-0.1, -0.05) is 18.2 Å². The molecule has 0 saturated heterocycles. The molecule has 2 rings (SSSR count). The predicted molar refractivity (Wildman–Crippen MR) is 83.4 cm³/mol. The third-order valence-electron chi connectivity index (χ3n) is 2.50. The molecule has 0 saturated carbocycles. The molecule has 0 fully saturated rings. The fourth-order valence-electron chi connectivity index (χ4n) is 1.45. The Labute approximate surface area is 122 Å². The quantitative estimate of drug-likeness (QED) is 0.652. The summed E-state index contributed by atoms with van der Waals surface area (Å²) in [6, 6.07) is 12.8. The number of hydrogen-bond donors (Lipinski definition) is 2. The van der Waals surface area contributed by atoms with Gasteiger partial charge >= 0.3 is 0 Å². The molecule has 1 aromatic heterocycles. The summed E-state index contributed by atoms with van der Waals surface area (Å²) in [5.41, 5.74) is 7.26. The van der Waals surface area contributed by atoms with E-state index < -0.39 is 0 Å². The van der Waals surface area contributed by atoms with E-state index in [2.05, 4.69) is 26.0 Å². The first-order valence-corrected chi connectivity index (χ1v) is 6.34. The topological polar surface area (TPSA) is 78.7 Å². The second-order valence-electron chi connectivity index (χ2n) is 4.17. The van der Waals surface area contributed by atoms with E-state index in [1.54, 1.807) is 31.5 Å². The van der Waals surface area contributed by atoms with Gasteiger partial charge in [-0.2, -0.15) is 10.2 Å². The summed E-state index contributed by atoms with van der Waals surface area (Å²) in [5.74, 6) is -0.291. The van der Waals surface area contributed by atoms with Gasteiger partial charge in [0.05, 0.1) is 17.6 Å². The van der Waals surface area contributed by atoms with E-state index in [1.807, 2.05) is 30.3 Å². The highest BCUT2D eigenvalue weighted by Gasteiger charge is 2.02. The van der Waals surface area contributed by atoms with Crippen molar-refractivity contribution in [3.63, 3.8) is 0 Å². The molecule has 6 nitrogen and oxygen atoms in total. The van der Waals surface area contributed by atoms with E-state index in [0.717, 1.165) is 5.69 Å². The third-order valence-corrected chi connectivity index (χ3v) is 2.50. The largest absolute Gasteiger partial charge is 0.278 e. The second-order valence-corrected chi connectivity index (χ2v) is 4.17. The first-order valence-electron chi connectivity index (χ1n) is 6.34. The Balaban J connectivity index is 1.85. The number of carbonyl (C=O) groups excluding carboxylic acids is 1. The van der Waals surface area contributed by atoms with Crippen LogP contribution in [0.25, 0.3) is 0 Å². The maximum Gasteiger partial charge on any atom is 0.271 e. The van der Waals surface area contributed by atoms with Crippen molar-refractivity contribution in [3.05, 3.63) is 60.4 Å². The van der Waals surface area contributed by atoms with Gasteiger partial charge in [0.15, 0.2) is 0 Å². The van der Waals surface area contributed by atoms with Crippen LogP contribution in [0, 0.1) is 0 Å². The van der Waals surface area contributed by atoms with Crippen LogP contribution in [0.4, 0.5) is 5.69 Å². The molecule has 0 bridgehead atoms. The second kappa shape index (κ2) is 7.54. The molecule has 6 heteroatoms. The van der Waals surface area contributed by atoms with Gasteiger partial charge in [0.25, 0.3) is 5.91 Å². The molecule has 1 heterocycles. The number of para-hydroxylation sites is 1. The summed E-state index contributed by atoms with van der Waals surface area (Å²) < 4.78 is 0. The highest BCUT2D eigenvalue weighted by Crippen LogP contribution is 2.03. The molecule has 0 spiro atoms. The van der Waals surface area contributed by atoms with Crippen molar-refractivity contribution in [1.29, 1.82) is 0 Å². The average molecular weight is 281 g/mol. The zero-order chi connectivity index (χ0) is 14.9. The van der Waals surface area contributed by atoms with Crippen molar-refractivity contribution in [2.24, 2.45) is 10.2 Å². The minimum Gasteiger partial charge on any atom is -0.278 e. The van der Waals surface area contributed by atoms with Gasteiger partial charge in [0.1, 0.15) is 0 Å². The first kappa shape index (κ1) is 14.4. The van der Waals surface area contributed by atoms with Crippen molar-refractivity contribution in [2.75, 3.05) is 5.43 Å². The maximum atomic E-state index is 11.7. The first-order chi connectivity index (χ1) is 10.3. The number of nitrogens with one attached hydrogen (secondary N) is 2. The molecular weight excluding hydrogens is 266 g/mol. The number of aromatic nitrogens is 1. The van der Waals surface area contributed by atoms with Crippen LogP contribution in [-0.4, -0.2) is 22.8 Å². The lowest BCUT2D eigenvalue weighted by Gasteiger charge is -2.00. The number of carbonyl (C=O) groups is 1. The molecule has 0 aliphatic rings. The SMILES string of the molecule is CC(/C=N/Nc1ccccc1)=N\NC(=O)c1ccncc1. The Bertz CT molecular complexity index is 638. The number of nitrogens with zero attached hydrogens (tertiary/aromatic N) is 3. The van der Waals surface area contributed by atoms with Gasteiger partial charge in [-0.05, 0) is 31.2 Å². The highest BCUT2D eigenvalue weighted by atomic mass is 16.2. The summed E-state index contributed by atoms with van der Waals surface area (Å²) in [5, 5.41) is 7.96. The van der Waals surface area contributed by atoms with Crippen LogP contribution in [-0.2, 0) is 0 Å². The predicted octanol–water partition coefficient (Wildman–Crippen LogP) is 2.29. The van der Waals surface area contributed by atoms with Gasteiger partial charge in [-0.15, -0.1) is 0 Å². The van der Waals surface area contributed by atoms with E-state index in [9.17, 15) is 4.79 Å². The zero-order valence-electron chi connectivity index (χ0n) is 11.5. The summed E-state index contributed by atoms with van der Waals surface area (Å²) in [6.45, 7) is 1.74. The summed E-state index contributed by atoms with van der Waals surface area (Å²) in [7, 11) is 0. The Morgan fingerprint density at radius 3 is 2.57 bits per heavy atom. The molecule has 2 N–H and O–H groups in total. The van der Waals surface area contributed by atoms with Crippen LogP contribution in [0.15, 0.2) is 65.1 Å². The fourth-order valence-corrected chi connectivity index (χ4v) is 1.45. The molecule has 1 amide bonds. The van der Waals surface area contributed by atoms with Crippen molar-refractivity contribution in [2.45, 2.75) is 6.92 Å². The number of rotatable bonds is 5. The monoisotopic (exact) mass is 281 g/mol.